The lowest BCUT2D eigenvalue weighted by molar-refractivity contribution is -0.0626. The van der Waals surface area contributed by atoms with E-state index >= 15 is 0 Å². The molecule has 2 nitrogen and oxygen atoms in total. The number of methoxy groups -OCH3 is 1. The van der Waals surface area contributed by atoms with Crippen LogP contribution in [0.25, 0.3) is 0 Å². The van der Waals surface area contributed by atoms with E-state index in [9.17, 15) is 5.11 Å². The second-order valence-corrected chi connectivity index (χ2v) is 6.44. The number of allylic oxidation sites excluding steroid dienone is 2. The molecular formula is C19H24O2. The summed E-state index contributed by atoms with van der Waals surface area (Å²) in [6.45, 7) is 5.93. The van der Waals surface area contributed by atoms with E-state index in [0.29, 0.717) is 0 Å². The highest BCUT2D eigenvalue weighted by Crippen LogP contribution is 2.61. The van der Waals surface area contributed by atoms with Crippen LogP contribution < -0.4 is 4.74 Å². The van der Waals surface area contributed by atoms with Crippen LogP contribution in [0.4, 0.5) is 0 Å². The molecule has 0 radical (unpaired) electrons. The van der Waals surface area contributed by atoms with Gasteiger partial charge in [0.15, 0.2) is 0 Å². The maximum absolute atomic E-state index is 11.6. The quantitative estimate of drug-likeness (QED) is 0.842. The fourth-order valence-corrected chi connectivity index (χ4v) is 4.36. The average Bonchev–Trinajstić information content (AvgIpc) is 2.75. The fraction of sp³-hybridized carbons (Fsp3) is 0.474. The summed E-state index contributed by atoms with van der Waals surface area (Å²) in [4.78, 5) is 0. The first-order valence-corrected chi connectivity index (χ1v) is 7.75. The number of fused-ring (bicyclic) bond motifs is 3. The minimum Gasteiger partial charge on any atom is -0.497 e. The number of hydrogen-bond acceptors (Lipinski definition) is 2. The van der Waals surface area contributed by atoms with E-state index in [4.69, 9.17) is 4.74 Å². The summed E-state index contributed by atoms with van der Waals surface area (Å²) in [5, 5.41) is 11.6. The molecule has 0 bridgehead atoms. The van der Waals surface area contributed by atoms with E-state index in [0.717, 1.165) is 49.0 Å². The topological polar surface area (TPSA) is 29.5 Å². The van der Waals surface area contributed by atoms with Gasteiger partial charge in [-0.15, -0.1) is 6.58 Å². The second kappa shape index (κ2) is 5.03. The van der Waals surface area contributed by atoms with Crippen molar-refractivity contribution in [2.75, 3.05) is 7.11 Å². The molecule has 112 valence electrons. The zero-order valence-corrected chi connectivity index (χ0v) is 13.0. The summed E-state index contributed by atoms with van der Waals surface area (Å²) < 4.78 is 5.35. The van der Waals surface area contributed by atoms with E-state index in [-0.39, 0.29) is 5.41 Å². The molecule has 3 rings (SSSR count). The predicted molar refractivity (Wildman–Crippen MR) is 85.4 cm³/mol. The van der Waals surface area contributed by atoms with Gasteiger partial charge in [-0.3, -0.25) is 0 Å². The molecule has 0 unspecified atom stereocenters. The molecule has 2 aliphatic rings. The van der Waals surface area contributed by atoms with E-state index in [1.807, 2.05) is 18.2 Å². The standard InChI is InChI=1S/C19H24O2/c1-4-5-10-18-11-6-7-14(2)19(18,20)17-9-8-16(21-3)12-15(17)13-18/h4,7-9,12,20H,1,5-6,10-11,13H2,2-3H3/t18-,19-/m0/s1. The molecule has 2 heteroatoms. The third kappa shape index (κ3) is 1.89. The molecule has 1 aromatic carbocycles. The minimum atomic E-state index is -0.824. The van der Waals surface area contributed by atoms with Crippen LogP contribution in [0.5, 0.6) is 5.75 Å². The number of ether oxygens (including phenoxy) is 1. The molecule has 1 N–H and O–H groups in total. The lowest BCUT2D eigenvalue weighted by Crippen LogP contribution is -2.45. The van der Waals surface area contributed by atoms with E-state index in [2.05, 4.69) is 25.6 Å². The van der Waals surface area contributed by atoms with Crippen LogP contribution in [-0.2, 0) is 12.0 Å². The predicted octanol–water partition coefficient (Wildman–Crippen LogP) is 4.13. The molecule has 0 amide bonds. The van der Waals surface area contributed by atoms with Gasteiger partial charge in [0.2, 0.25) is 0 Å². The van der Waals surface area contributed by atoms with E-state index in [1.165, 1.54) is 5.56 Å². The van der Waals surface area contributed by atoms with Crippen LogP contribution in [0.2, 0.25) is 0 Å². The molecule has 0 fully saturated rings. The highest BCUT2D eigenvalue weighted by atomic mass is 16.5. The van der Waals surface area contributed by atoms with Gasteiger partial charge in [-0.05, 0) is 67.9 Å². The van der Waals surface area contributed by atoms with Gasteiger partial charge in [-0.1, -0.05) is 18.2 Å². The van der Waals surface area contributed by atoms with Crippen molar-refractivity contribution in [2.45, 2.75) is 44.6 Å². The van der Waals surface area contributed by atoms with Gasteiger partial charge in [-0.2, -0.15) is 0 Å². The van der Waals surface area contributed by atoms with Crippen LogP contribution >= 0.6 is 0 Å². The first kappa shape index (κ1) is 14.4. The van der Waals surface area contributed by atoms with E-state index in [1.54, 1.807) is 7.11 Å². The van der Waals surface area contributed by atoms with Crippen molar-refractivity contribution in [1.29, 1.82) is 0 Å². The van der Waals surface area contributed by atoms with Gasteiger partial charge >= 0.3 is 0 Å². The van der Waals surface area contributed by atoms with Crippen LogP contribution in [0.15, 0.2) is 42.5 Å². The lowest BCUT2D eigenvalue weighted by atomic mass is 9.61. The van der Waals surface area contributed by atoms with Crippen molar-refractivity contribution >= 4 is 0 Å². The Morgan fingerprint density at radius 2 is 2.24 bits per heavy atom. The summed E-state index contributed by atoms with van der Waals surface area (Å²) in [6.07, 6.45) is 9.10. The largest absolute Gasteiger partial charge is 0.497 e. The molecule has 0 saturated heterocycles. The van der Waals surface area contributed by atoms with Gasteiger partial charge < -0.3 is 9.84 Å². The number of aliphatic hydroxyl groups is 1. The van der Waals surface area contributed by atoms with Gasteiger partial charge in [0.1, 0.15) is 11.4 Å². The van der Waals surface area contributed by atoms with Crippen molar-refractivity contribution in [3.63, 3.8) is 0 Å². The maximum Gasteiger partial charge on any atom is 0.119 e. The number of rotatable bonds is 4. The molecule has 0 aromatic heterocycles. The minimum absolute atomic E-state index is 0.0886. The van der Waals surface area contributed by atoms with Gasteiger partial charge in [0.05, 0.1) is 7.11 Å². The van der Waals surface area contributed by atoms with Gasteiger partial charge in [0, 0.05) is 5.41 Å². The molecule has 0 aliphatic heterocycles. The smallest absolute Gasteiger partial charge is 0.119 e. The Kier molecular flexibility index (Phi) is 3.45. The highest BCUT2D eigenvalue weighted by Gasteiger charge is 2.57. The molecule has 2 aliphatic carbocycles. The SMILES string of the molecule is C=CCC[C@@]12CCC=C(C)[C@]1(O)c1ccc(OC)cc1C2. The van der Waals surface area contributed by atoms with Crippen LogP contribution in [0, 0.1) is 5.41 Å². The van der Waals surface area contributed by atoms with Crippen LogP contribution in [-0.4, -0.2) is 12.2 Å². The normalized spacial score (nSPS) is 30.3. The Bertz CT molecular complexity index is 602. The van der Waals surface area contributed by atoms with Crippen LogP contribution in [0.3, 0.4) is 0 Å². The van der Waals surface area contributed by atoms with E-state index < -0.39 is 5.60 Å². The zero-order valence-electron chi connectivity index (χ0n) is 13.0. The molecule has 1 aromatic rings. The summed E-state index contributed by atoms with van der Waals surface area (Å²) in [7, 11) is 1.69. The van der Waals surface area contributed by atoms with Crippen molar-refractivity contribution in [1.82, 2.24) is 0 Å². The Hall–Kier alpha value is -1.54. The zero-order chi connectivity index (χ0) is 15.1. The summed E-state index contributed by atoms with van der Waals surface area (Å²) in [6, 6.07) is 6.10. The molecule has 0 saturated carbocycles. The van der Waals surface area contributed by atoms with Gasteiger partial charge in [0.25, 0.3) is 0 Å². The Morgan fingerprint density at radius 3 is 2.95 bits per heavy atom. The average molecular weight is 284 g/mol. The monoisotopic (exact) mass is 284 g/mol. The van der Waals surface area contributed by atoms with Crippen molar-refractivity contribution < 1.29 is 9.84 Å². The summed E-state index contributed by atoms with van der Waals surface area (Å²) in [5.74, 6) is 0.872. The summed E-state index contributed by atoms with van der Waals surface area (Å²) in [5.41, 5.74) is 2.49. The Balaban J connectivity index is 2.14. The lowest BCUT2D eigenvalue weighted by Gasteiger charge is -2.46. The third-order valence-corrected chi connectivity index (χ3v) is 5.47. The first-order valence-electron chi connectivity index (χ1n) is 7.75. The van der Waals surface area contributed by atoms with Crippen LogP contribution in [0.1, 0.15) is 43.7 Å². The third-order valence-electron chi connectivity index (χ3n) is 5.47. The van der Waals surface area contributed by atoms with Crippen molar-refractivity contribution in [3.05, 3.63) is 53.6 Å². The molecule has 0 heterocycles. The highest BCUT2D eigenvalue weighted by molar-refractivity contribution is 5.51. The number of hydrogen-bond donors (Lipinski definition) is 1. The second-order valence-electron chi connectivity index (χ2n) is 6.44. The Labute approximate surface area is 127 Å². The molecular weight excluding hydrogens is 260 g/mol. The van der Waals surface area contributed by atoms with Crippen molar-refractivity contribution in [3.8, 4) is 5.75 Å². The molecule has 0 spiro atoms. The fourth-order valence-electron chi connectivity index (χ4n) is 4.36. The summed E-state index contributed by atoms with van der Waals surface area (Å²) >= 11 is 0. The molecule has 2 atom stereocenters. The van der Waals surface area contributed by atoms with Crippen molar-refractivity contribution in [2.24, 2.45) is 5.41 Å². The maximum atomic E-state index is 11.6. The number of benzene rings is 1. The van der Waals surface area contributed by atoms with Gasteiger partial charge in [-0.25, -0.2) is 0 Å². The molecule has 21 heavy (non-hydrogen) atoms. The Morgan fingerprint density at radius 1 is 1.43 bits per heavy atom. The first-order chi connectivity index (χ1) is 10.1.